The van der Waals surface area contributed by atoms with Crippen molar-refractivity contribution in [2.45, 2.75) is 37.6 Å². The zero-order valence-electron chi connectivity index (χ0n) is 22.6. The second kappa shape index (κ2) is 13.9. The zero-order valence-corrected chi connectivity index (χ0v) is 22.4. The number of benzene rings is 2. The van der Waals surface area contributed by atoms with Gasteiger partial charge in [0.25, 0.3) is 5.91 Å². The van der Waals surface area contributed by atoms with Gasteiger partial charge in [-0.3, -0.25) is 14.4 Å². The molecule has 12 heteroatoms. The smallest absolute Gasteiger partial charge is 0.326 e. The molecule has 0 spiro atoms. The predicted molar refractivity (Wildman–Crippen MR) is 144 cm³/mol. The van der Waals surface area contributed by atoms with Crippen LogP contribution in [0.15, 0.2) is 48.5 Å². The van der Waals surface area contributed by atoms with Gasteiger partial charge in [-0.2, -0.15) is 0 Å². The largest absolute Gasteiger partial charge is 0.484 e. The zero-order chi connectivity index (χ0) is 29.4. The summed E-state index contributed by atoms with van der Waals surface area (Å²) in [6.45, 7) is 2.38. The maximum Gasteiger partial charge on any atom is 0.326 e. The van der Waals surface area contributed by atoms with Crippen molar-refractivity contribution in [3.63, 3.8) is 0 Å². The standard InChI is InChI=1S/C27H32FN3O7S/c1-16(2)13-21(27(36)37)30-22(33)14-29-23(34)15-38-20-9-3-17(4-10-20)24-25(39-12-11-32)26(35)31(24)19-7-5-18(28)6-8-19/h3-10,16,21,24-25,32H,11-15H2,1-2H3,(H,29,34)(H,30,33)(H,36,37)/t21-,24+,25+/m0/s1/i/hD. The first-order chi connectivity index (χ1) is 19.0. The summed E-state index contributed by atoms with van der Waals surface area (Å²) in [5.41, 5.74) is 1.31. The summed E-state index contributed by atoms with van der Waals surface area (Å²) < 4.78 is 26.7. The van der Waals surface area contributed by atoms with Crippen LogP contribution >= 0.6 is 11.8 Å². The minimum atomic E-state index is -1.19. The number of hydrogen-bond donors (Lipinski definition) is 4. The number of nitrogens with one attached hydrogen (secondary N) is 2. The number of carbonyl (C=O) groups excluding carboxylic acids is 3. The number of carboxylic acid groups (broad SMARTS) is 1. The van der Waals surface area contributed by atoms with Gasteiger partial charge in [-0.15, -0.1) is 11.8 Å². The number of thioether (sulfide) groups is 1. The Morgan fingerprint density at radius 1 is 1.13 bits per heavy atom. The number of halogens is 1. The fourth-order valence-corrected chi connectivity index (χ4v) is 5.14. The molecule has 2 aromatic carbocycles. The van der Waals surface area contributed by atoms with E-state index in [1.165, 1.54) is 36.0 Å². The quantitative estimate of drug-likeness (QED) is 0.256. The number of aliphatic carboxylic acids is 1. The van der Waals surface area contributed by atoms with E-state index in [9.17, 15) is 33.8 Å². The molecule has 0 radical (unpaired) electrons. The number of aliphatic hydroxyl groups excluding tert-OH is 1. The Labute approximate surface area is 231 Å². The van der Waals surface area contributed by atoms with Gasteiger partial charge in [0.2, 0.25) is 11.8 Å². The number of nitrogens with zero attached hydrogens (tertiary/aromatic N) is 1. The molecule has 2 aromatic rings. The maximum atomic E-state index is 13.4. The van der Waals surface area contributed by atoms with Crippen molar-refractivity contribution in [2.24, 2.45) is 5.92 Å². The third-order valence-corrected chi connectivity index (χ3v) is 7.10. The highest BCUT2D eigenvalue weighted by Crippen LogP contribution is 2.45. The number of aliphatic hydroxyl groups is 1. The van der Waals surface area contributed by atoms with Gasteiger partial charge in [0.15, 0.2) is 8.02 Å². The monoisotopic (exact) mass is 562 g/mol. The number of carboxylic acids is 1. The summed E-state index contributed by atoms with van der Waals surface area (Å²) in [7, 11) is 0. The molecule has 1 heterocycles. The number of hydrogen-bond acceptors (Lipinski definition) is 7. The van der Waals surface area contributed by atoms with E-state index in [1.807, 2.05) is 13.8 Å². The van der Waals surface area contributed by atoms with Crippen molar-refractivity contribution in [1.29, 1.82) is 0 Å². The van der Waals surface area contributed by atoms with Gasteiger partial charge in [-0.1, -0.05) is 26.0 Å². The molecule has 1 aliphatic heterocycles. The van der Waals surface area contributed by atoms with Crippen molar-refractivity contribution >= 4 is 41.1 Å². The average molecular weight is 563 g/mol. The summed E-state index contributed by atoms with van der Waals surface area (Å²) in [4.78, 5) is 50.2. The third-order valence-electron chi connectivity index (χ3n) is 5.86. The van der Waals surface area contributed by atoms with E-state index >= 15 is 0 Å². The Morgan fingerprint density at radius 2 is 1.79 bits per heavy atom. The molecule has 0 aromatic heterocycles. The number of ether oxygens (including phenoxy) is 1. The van der Waals surface area contributed by atoms with Gasteiger partial charge >= 0.3 is 5.97 Å². The first kappa shape index (κ1) is 28.4. The molecule has 3 atom stereocenters. The molecule has 10 nitrogen and oxygen atoms in total. The molecule has 39 heavy (non-hydrogen) atoms. The lowest BCUT2D eigenvalue weighted by molar-refractivity contribution is -0.142. The van der Waals surface area contributed by atoms with E-state index in [0.717, 1.165) is 5.56 Å². The molecule has 0 aliphatic carbocycles. The summed E-state index contributed by atoms with van der Waals surface area (Å²) in [5.74, 6) is -2.62. The number of amides is 3. The SMILES string of the molecule is [2H]N(CC(=O)N[C@@H](CC(C)C)C(=O)O)C(=O)COc1ccc([C@@H]2[C@@H](SCCO)C(=O)N2c2ccc(F)cc2)cc1. The molecule has 1 fully saturated rings. The summed E-state index contributed by atoms with van der Waals surface area (Å²) in [5, 5.41) is 20.7. The van der Waals surface area contributed by atoms with Gasteiger partial charge in [0.05, 0.1) is 19.2 Å². The fraction of sp³-hybridized carbons (Fsp3) is 0.407. The highest BCUT2D eigenvalue weighted by Gasteiger charge is 2.49. The van der Waals surface area contributed by atoms with E-state index in [1.54, 1.807) is 29.2 Å². The molecular weight excluding hydrogens is 529 g/mol. The molecule has 4 N–H and O–H groups in total. The first-order valence-corrected chi connectivity index (χ1v) is 13.4. The van der Waals surface area contributed by atoms with Crippen LogP contribution in [0.5, 0.6) is 5.75 Å². The van der Waals surface area contributed by atoms with Crippen molar-refractivity contribution in [3.05, 3.63) is 59.9 Å². The van der Waals surface area contributed by atoms with Crippen LogP contribution < -0.4 is 20.3 Å². The molecule has 0 unspecified atom stereocenters. The van der Waals surface area contributed by atoms with Gasteiger partial charge in [0, 0.05) is 11.4 Å². The van der Waals surface area contributed by atoms with Crippen LogP contribution in [0.2, 0.25) is 1.41 Å². The molecule has 0 saturated carbocycles. The normalized spacial score (nSPS) is 17.7. The summed E-state index contributed by atoms with van der Waals surface area (Å²) >= 11 is 1.33. The molecule has 3 amide bonds. The van der Waals surface area contributed by atoms with Gasteiger partial charge < -0.3 is 30.5 Å². The van der Waals surface area contributed by atoms with E-state index in [2.05, 4.69) is 5.32 Å². The van der Waals surface area contributed by atoms with E-state index < -0.39 is 48.0 Å². The number of β-lactam (4-membered cyclic amide) rings is 1. The second-order valence-electron chi connectivity index (χ2n) is 9.30. The minimum absolute atomic E-state index is 0.0240. The fourth-order valence-electron chi connectivity index (χ4n) is 4.06. The van der Waals surface area contributed by atoms with Crippen LogP contribution in [0.3, 0.4) is 0 Å². The van der Waals surface area contributed by atoms with Crippen LogP contribution in [-0.2, 0) is 19.2 Å². The molecule has 3 rings (SSSR count). The predicted octanol–water partition coefficient (Wildman–Crippen LogP) is 2.12. The number of carbonyl (C=O) groups is 4. The lowest BCUT2D eigenvalue weighted by Gasteiger charge is -2.47. The van der Waals surface area contributed by atoms with Crippen LogP contribution in [0.1, 0.15) is 31.9 Å². The van der Waals surface area contributed by atoms with Crippen molar-refractivity contribution in [1.82, 2.24) is 10.6 Å². The van der Waals surface area contributed by atoms with Crippen molar-refractivity contribution in [2.75, 3.05) is 30.4 Å². The topological polar surface area (TPSA) is 145 Å². The number of rotatable bonds is 14. The van der Waals surface area contributed by atoms with Crippen molar-refractivity contribution < 1.29 is 39.9 Å². The Morgan fingerprint density at radius 3 is 2.38 bits per heavy atom. The lowest BCUT2D eigenvalue weighted by Crippen LogP contribution is -2.57. The van der Waals surface area contributed by atoms with Crippen molar-refractivity contribution in [3.8, 4) is 5.75 Å². The van der Waals surface area contributed by atoms with Crippen LogP contribution in [0.4, 0.5) is 10.1 Å². The van der Waals surface area contributed by atoms with Gasteiger partial charge in [-0.25, -0.2) is 9.18 Å². The highest BCUT2D eigenvalue weighted by atomic mass is 32.2. The maximum absolute atomic E-state index is 13.4. The molecule has 1 saturated heterocycles. The molecule has 210 valence electrons. The van der Waals surface area contributed by atoms with E-state index in [4.69, 9.17) is 6.15 Å². The molecular formula is C27H32FN3O7S. The Bertz CT molecular complexity index is 1200. The highest BCUT2D eigenvalue weighted by molar-refractivity contribution is 8.00. The Kier molecular flexibility index (Phi) is 10.1. The van der Waals surface area contributed by atoms with E-state index in [-0.39, 0.29) is 30.9 Å². The summed E-state index contributed by atoms with van der Waals surface area (Å²) in [6.07, 6.45) is 0.212. The second-order valence-corrected chi connectivity index (χ2v) is 10.5. The van der Waals surface area contributed by atoms with Gasteiger partial charge in [-0.05, 0) is 54.3 Å². The molecule has 1 aliphatic rings. The first-order valence-electron chi connectivity index (χ1n) is 12.8. The Hall–Kier alpha value is -3.64. The lowest BCUT2D eigenvalue weighted by atomic mass is 9.92. The minimum Gasteiger partial charge on any atom is -0.484 e. The number of anilines is 1. The Balaban J connectivity index is 1.59. The average Bonchev–Trinajstić information content (AvgIpc) is 2.91. The van der Waals surface area contributed by atoms with Crippen LogP contribution in [0, 0.1) is 11.7 Å². The van der Waals surface area contributed by atoms with Crippen LogP contribution in [0.25, 0.3) is 0 Å². The van der Waals surface area contributed by atoms with E-state index in [0.29, 0.717) is 22.5 Å². The van der Waals surface area contributed by atoms with Gasteiger partial charge in [0.1, 0.15) is 22.9 Å². The van der Waals surface area contributed by atoms with Crippen LogP contribution in [-0.4, -0.2) is 70.7 Å². The molecule has 0 bridgehead atoms. The summed E-state index contributed by atoms with van der Waals surface area (Å²) in [6, 6.07) is 10.8. The third kappa shape index (κ3) is 8.17.